The van der Waals surface area contributed by atoms with Crippen molar-refractivity contribution in [2.45, 2.75) is 0 Å². The zero-order valence-electron chi connectivity index (χ0n) is 5.52. The Kier molecular flexibility index (Phi) is 7.21. The van der Waals surface area contributed by atoms with Crippen molar-refractivity contribution < 1.29 is 19.8 Å². The van der Waals surface area contributed by atoms with Gasteiger partial charge in [-0.1, -0.05) is 12.2 Å². The van der Waals surface area contributed by atoms with Crippen molar-refractivity contribution in [1.82, 2.24) is 0 Å². The fourth-order valence-electron chi connectivity index (χ4n) is 0.276. The van der Waals surface area contributed by atoms with Crippen molar-refractivity contribution in [2.24, 2.45) is 0 Å². The van der Waals surface area contributed by atoms with Gasteiger partial charge in [0.1, 0.15) is 0 Å². The molecule has 11 heavy (non-hydrogen) atoms. The van der Waals surface area contributed by atoms with E-state index in [-0.39, 0.29) is 7.43 Å². The van der Waals surface area contributed by atoms with Crippen LogP contribution in [0.1, 0.15) is 0 Å². The summed E-state index contributed by atoms with van der Waals surface area (Å²) in [6.45, 7) is 0. The van der Waals surface area contributed by atoms with Crippen LogP contribution in [0.25, 0.3) is 0 Å². The van der Waals surface area contributed by atoms with E-state index in [4.69, 9.17) is 10.2 Å². The second-order valence-electron chi connectivity index (χ2n) is 1.39. The number of allylic oxidation sites excluding steroid dienone is 2. The van der Waals surface area contributed by atoms with E-state index in [2.05, 4.69) is 0 Å². The van der Waals surface area contributed by atoms with Crippen LogP contribution in [0, 0.1) is 7.43 Å². The maximum atomic E-state index is 9.78. The van der Waals surface area contributed by atoms with Crippen LogP contribution in [0.5, 0.6) is 0 Å². The largest absolute Gasteiger partial charge is 0.478 e. The van der Waals surface area contributed by atoms with Crippen LogP contribution in [-0.4, -0.2) is 22.2 Å². The molecule has 0 aromatic carbocycles. The van der Waals surface area contributed by atoms with Crippen LogP contribution >= 0.6 is 0 Å². The summed E-state index contributed by atoms with van der Waals surface area (Å²) in [7, 11) is 0. The van der Waals surface area contributed by atoms with Gasteiger partial charge in [0.05, 0.1) is 0 Å². The summed E-state index contributed by atoms with van der Waals surface area (Å²) in [5.74, 6) is -2.20. The molecule has 0 spiro atoms. The van der Waals surface area contributed by atoms with Gasteiger partial charge >= 0.3 is 11.9 Å². The highest BCUT2D eigenvalue weighted by molar-refractivity contribution is 5.82. The van der Waals surface area contributed by atoms with E-state index < -0.39 is 11.9 Å². The Bertz CT molecular complexity index is 169. The second kappa shape index (κ2) is 6.54. The van der Waals surface area contributed by atoms with Gasteiger partial charge in [0.15, 0.2) is 0 Å². The standard InChI is InChI=1S/C6H6O4.C/c7-5(8)3-1-2-4-6(9)10;/h1-4H,(H,7,8)(H,9,10);. The highest BCUT2D eigenvalue weighted by atomic mass is 16.4. The van der Waals surface area contributed by atoms with E-state index in [9.17, 15) is 9.59 Å². The van der Waals surface area contributed by atoms with E-state index in [0.717, 1.165) is 24.3 Å². The van der Waals surface area contributed by atoms with Crippen molar-refractivity contribution in [3.05, 3.63) is 31.7 Å². The predicted molar refractivity (Wildman–Crippen MR) is 36.8 cm³/mol. The van der Waals surface area contributed by atoms with Gasteiger partial charge in [0.25, 0.3) is 0 Å². The summed E-state index contributed by atoms with van der Waals surface area (Å²) in [6.07, 6.45) is 3.96. The monoisotopic (exact) mass is 154 g/mol. The molecule has 0 aromatic heterocycles. The van der Waals surface area contributed by atoms with E-state index in [1.807, 2.05) is 0 Å². The number of hydrogen-bond acceptors (Lipinski definition) is 2. The van der Waals surface area contributed by atoms with Crippen LogP contribution in [0.2, 0.25) is 0 Å². The van der Waals surface area contributed by atoms with Crippen LogP contribution in [0.4, 0.5) is 0 Å². The van der Waals surface area contributed by atoms with Crippen LogP contribution in [-0.2, 0) is 9.59 Å². The van der Waals surface area contributed by atoms with Gasteiger partial charge in [-0.25, -0.2) is 9.59 Å². The SMILES string of the molecule is O=C(O)C=CC=CC(=O)O.[C]. The molecule has 4 radical (unpaired) electrons. The molecule has 0 saturated carbocycles. The normalized spacial score (nSPS) is 9.82. The topological polar surface area (TPSA) is 74.6 Å². The van der Waals surface area contributed by atoms with E-state index in [1.165, 1.54) is 0 Å². The summed E-state index contributed by atoms with van der Waals surface area (Å²) in [5, 5.41) is 16.0. The Labute approximate surface area is 64.5 Å². The first kappa shape index (κ1) is 12.1. The summed E-state index contributed by atoms with van der Waals surface area (Å²) in [6, 6.07) is 0. The first-order valence-corrected chi connectivity index (χ1v) is 2.43. The number of carbonyl (C=O) groups is 2. The van der Waals surface area contributed by atoms with Gasteiger partial charge in [-0.15, -0.1) is 0 Å². The average molecular weight is 154 g/mol. The Balaban J connectivity index is 0. The van der Waals surface area contributed by atoms with Crippen molar-refractivity contribution in [1.29, 1.82) is 0 Å². The Morgan fingerprint density at radius 2 is 1.18 bits per heavy atom. The lowest BCUT2D eigenvalue weighted by Crippen LogP contribution is -1.86. The number of rotatable bonds is 3. The van der Waals surface area contributed by atoms with Gasteiger partial charge in [-0.3, -0.25) is 0 Å². The lowest BCUT2D eigenvalue weighted by molar-refractivity contribution is -0.132. The Hall–Kier alpha value is -1.58. The highest BCUT2D eigenvalue weighted by Gasteiger charge is 1.83. The number of carboxylic acid groups (broad SMARTS) is 2. The van der Waals surface area contributed by atoms with Crippen molar-refractivity contribution in [3.63, 3.8) is 0 Å². The number of aliphatic carboxylic acids is 2. The predicted octanol–water partition coefficient (Wildman–Crippen LogP) is 0.349. The molecular weight excluding hydrogens is 148 g/mol. The van der Waals surface area contributed by atoms with Gasteiger partial charge in [0.2, 0.25) is 0 Å². The lowest BCUT2D eigenvalue weighted by atomic mass is 10.4. The van der Waals surface area contributed by atoms with E-state index >= 15 is 0 Å². The summed E-state index contributed by atoms with van der Waals surface area (Å²) < 4.78 is 0. The first-order chi connectivity index (χ1) is 4.63. The molecule has 2 N–H and O–H groups in total. The molecule has 0 unspecified atom stereocenters. The maximum Gasteiger partial charge on any atom is 0.328 e. The van der Waals surface area contributed by atoms with Gasteiger partial charge in [-0.05, 0) is 0 Å². The molecule has 0 aliphatic rings. The van der Waals surface area contributed by atoms with Crippen LogP contribution in [0.15, 0.2) is 24.3 Å². The smallest absolute Gasteiger partial charge is 0.328 e. The van der Waals surface area contributed by atoms with Gasteiger partial charge < -0.3 is 10.2 Å². The molecule has 0 fully saturated rings. The van der Waals surface area contributed by atoms with Gasteiger partial charge in [0, 0.05) is 19.6 Å². The van der Waals surface area contributed by atoms with E-state index in [1.54, 1.807) is 0 Å². The highest BCUT2D eigenvalue weighted by Crippen LogP contribution is 1.76. The third kappa shape index (κ3) is 11.8. The summed E-state index contributed by atoms with van der Waals surface area (Å²) in [4.78, 5) is 19.6. The minimum absolute atomic E-state index is 0. The molecule has 0 rings (SSSR count). The summed E-state index contributed by atoms with van der Waals surface area (Å²) >= 11 is 0. The van der Waals surface area contributed by atoms with E-state index in [0.29, 0.717) is 0 Å². The molecule has 4 nitrogen and oxygen atoms in total. The minimum atomic E-state index is -1.10. The summed E-state index contributed by atoms with van der Waals surface area (Å²) in [5.41, 5.74) is 0. The molecule has 0 amide bonds. The minimum Gasteiger partial charge on any atom is -0.478 e. The number of carboxylic acids is 2. The maximum absolute atomic E-state index is 9.78. The quantitative estimate of drug-likeness (QED) is 0.454. The van der Waals surface area contributed by atoms with Crippen LogP contribution < -0.4 is 0 Å². The molecule has 0 saturated heterocycles. The third-order valence-corrected chi connectivity index (χ3v) is 0.589. The molecule has 0 bridgehead atoms. The third-order valence-electron chi connectivity index (χ3n) is 0.589. The first-order valence-electron chi connectivity index (χ1n) is 2.43. The molecule has 4 heteroatoms. The lowest BCUT2D eigenvalue weighted by Gasteiger charge is -1.75. The molecule has 0 aromatic rings. The molecular formula is C7H6O4. The zero-order valence-corrected chi connectivity index (χ0v) is 5.52. The van der Waals surface area contributed by atoms with Crippen molar-refractivity contribution in [2.75, 3.05) is 0 Å². The van der Waals surface area contributed by atoms with Crippen molar-refractivity contribution in [3.8, 4) is 0 Å². The average Bonchev–Trinajstić information content (AvgIpc) is 1.79. The fraction of sp³-hybridized carbons (Fsp3) is 0. The molecule has 0 heterocycles. The molecule has 0 aliphatic heterocycles. The Morgan fingerprint density at radius 3 is 1.36 bits per heavy atom. The second-order valence-corrected chi connectivity index (χ2v) is 1.39. The number of hydrogen-bond donors (Lipinski definition) is 2. The molecule has 58 valence electrons. The Morgan fingerprint density at radius 1 is 0.909 bits per heavy atom. The molecule has 0 atom stereocenters. The van der Waals surface area contributed by atoms with Crippen LogP contribution in [0.3, 0.4) is 0 Å². The fourth-order valence-corrected chi connectivity index (χ4v) is 0.276. The molecule has 0 aliphatic carbocycles. The van der Waals surface area contributed by atoms with Crippen molar-refractivity contribution >= 4 is 11.9 Å². The zero-order chi connectivity index (χ0) is 7.98. The van der Waals surface area contributed by atoms with Gasteiger partial charge in [-0.2, -0.15) is 0 Å².